The molecule has 0 amide bonds. The summed E-state index contributed by atoms with van der Waals surface area (Å²) in [5, 5.41) is 16.1. The highest BCUT2D eigenvalue weighted by molar-refractivity contribution is 6.42. The third-order valence-corrected chi connectivity index (χ3v) is 4.73. The Morgan fingerprint density at radius 3 is 2.70 bits per heavy atom. The number of nitro groups is 1. The molecule has 0 spiro atoms. The maximum atomic E-state index is 11.0. The van der Waals surface area contributed by atoms with Crippen LogP contribution in [-0.4, -0.2) is 20.7 Å². The maximum Gasteiger partial charge on any atom is 0.313 e. The van der Waals surface area contributed by atoms with Crippen molar-refractivity contribution in [3.63, 3.8) is 0 Å². The molecule has 2 aromatic heterocycles. The molecule has 0 aliphatic rings. The van der Waals surface area contributed by atoms with Crippen molar-refractivity contribution in [2.75, 3.05) is 5.43 Å². The lowest BCUT2D eigenvalue weighted by atomic mass is 10.2. The Bertz CT molecular complexity index is 1050. The van der Waals surface area contributed by atoms with Gasteiger partial charge in [0.05, 0.1) is 21.2 Å². The predicted octanol–water partition coefficient (Wildman–Crippen LogP) is 5.15. The van der Waals surface area contributed by atoms with Gasteiger partial charge in [-0.25, -0.2) is 4.98 Å². The number of halogens is 2. The highest BCUT2D eigenvalue weighted by Crippen LogP contribution is 2.27. The molecule has 0 aliphatic heterocycles. The Balaban J connectivity index is 1.88. The molecule has 1 N–H and O–H groups in total. The molecule has 0 saturated heterocycles. The first-order valence-electron chi connectivity index (χ1n) is 7.91. The minimum atomic E-state index is -0.513. The molecule has 2 heterocycles. The summed E-state index contributed by atoms with van der Waals surface area (Å²) in [6.45, 7) is 3.91. The minimum Gasteiger partial charge on any atom is -0.318 e. The van der Waals surface area contributed by atoms with Gasteiger partial charge in [0.15, 0.2) is 0 Å². The second-order valence-corrected chi connectivity index (χ2v) is 6.57. The fraction of sp³-hybridized carbons (Fsp3) is 0.111. The van der Waals surface area contributed by atoms with E-state index in [9.17, 15) is 10.1 Å². The van der Waals surface area contributed by atoms with E-state index in [-0.39, 0.29) is 11.5 Å². The van der Waals surface area contributed by atoms with Crippen molar-refractivity contribution in [1.82, 2.24) is 9.55 Å². The standard InChI is InChI=1S/C18H15Cl2N5O2/c1-11-8-13(10-22-23-18-17(25(26)27)4-3-7-21-18)12(2)24(11)14-5-6-15(19)16(20)9-14/h3-10H,1-2H3,(H,21,23)/b22-10+. The van der Waals surface area contributed by atoms with E-state index in [1.165, 1.54) is 18.3 Å². The van der Waals surface area contributed by atoms with E-state index < -0.39 is 4.92 Å². The van der Waals surface area contributed by atoms with Gasteiger partial charge >= 0.3 is 5.69 Å². The largest absolute Gasteiger partial charge is 0.318 e. The van der Waals surface area contributed by atoms with Crippen LogP contribution in [-0.2, 0) is 0 Å². The minimum absolute atomic E-state index is 0.0806. The Morgan fingerprint density at radius 1 is 1.22 bits per heavy atom. The molecule has 27 heavy (non-hydrogen) atoms. The van der Waals surface area contributed by atoms with Crippen molar-refractivity contribution in [3.8, 4) is 5.69 Å². The summed E-state index contributed by atoms with van der Waals surface area (Å²) in [5.74, 6) is 0.0806. The van der Waals surface area contributed by atoms with Crippen LogP contribution in [0, 0.1) is 24.0 Å². The van der Waals surface area contributed by atoms with Crippen molar-refractivity contribution in [2.24, 2.45) is 5.10 Å². The van der Waals surface area contributed by atoms with Crippen LogP contribution in [0.2, 0.25) is 10.0 Å². The average Bonchev–Trinajstić information content (AvgIpc) is 2.91. The van der Waals surface area contributed by atoms with E-state index in [2.05, 4.69) is 15.5 Å². The molecule has 138 valence electrons. The number of hydrogen-bond acceptors (Lipinski definition) is 5. The summed E-state index contributed by atoms with van der Waals surface area (Å²) in [6, 6.07) is 10.2. The number of hydrogen-bond donors (Lipinski definition) is 1. The molecular weight excluding hydrogens is 389 g/mol. The Morgan fingerprint density at radius 2 is 2.00 bits per heavy atom. The zero-order chi connectivity index (χ0) is 19.6. The van der Waals surface area contributed by atoms with Crippen LogP contribution >= 0.6 is 23.2 Å². The first-order chi connectivity index (χ1) is 12.9. The maximum absolute atomic E-state index is 11.0. The predicted molar refractivity (Wildman–Crippen MR) is 107 cm³/mol. The Hall–Kier alpha value is -2.90. The summed E-state index contributed by atoms with van der Waals surface area (Å²) >= 11 is 12.1. The fourth-order valence-electron chi connectivity index (χ4n) is 2.73. The van der Waals surface area contributed by atoms with Crippen LogP contribution in [0.4, 0.5) is 11.5 Å². The molecule has 3 aromatic rings. The lowest BCUT2D eigenvalue weighted by Gasteiger charge is -2.10. The summed E-state index contributed by atoms with van der Waals surface area (Å²) in [4.78, 5) is 14.4. The van der Waals surface area contributed by atoms with Crippen LogP contribution in [0.15, 0.2) is 47.7 Å². The molecule has 1 aromatic carbocycles. The molecule has 0 atom stereocenters. The van der Waals surface area contributed by atoms with Gasteiger partial charge in [-0.3, -0.25) is 15.5 Å². The van der Waals surface area contributed by atoms with Crippen molar-refractivity contribution in [3.05, 3.63) is 79.7 Å². The number of nitrogens with one attached hydrogen (secondary N) is 1. The molecule has 0 aliphatic carbocycles. The van der Waals surface area contributed by atoms with Gasteiger partial charge in [-0.15, -0.1) is 0 Å². The number of hydrazone groups is 1. The molecule has 0 saturated carbocycles. The third kappa shape index (κ3) is 3.94. The lowest BCUT2D eigenvalue weighted by Crippen LogP contribution is -2.01. The van der Waals surface area contributed by atoms with Gasteiger partial charge < -0.3 is 4.57 Å². The smallest absolute Gasteiger partial charge is 0.313 e. The van der Waals surface area contributed by atoms with Gasteiger partial charge in [0.2, 0.25) is 5.82 Å². The number of nitrogens with zero attached hydrogens (tertiary/aromatic N) is 4. The average molecular weight is 404 g/mol. The first-order valence-corrected chi connectivity index (χ1v) is 8.67. The van der Waals surface area contributed by atoms with Crippen molar-refractivity contribution < 1.29 is 4.92 Å². The Labute approximate surface area is 165 Å². The first kappa shape index (κ1) is 18.9. The molecule has 3 rings (SSSR count). The van der Waals surface area contributed by atoms with Gasteiger partial charge in [0, 0.05) is 34.9 Å². The second-order valence-electron chi connectivity index (χ2n) is 5.76. The van der Waals surface area contributed by atoms with Gasteiger partial charge in [-0.05, 0) is 44.2 Å². The van der Waals surface area contributed by atoms with E-state index in [4.69, 9.17) is 23.2 Å². The van der Waals surface area contributed by atoms with Crippen LogP contribution < -0.4 is 5.43 Å². The van der Waals surface area contributed by atoms with Crippen LogP contribution in [0.1, 0.15) is 17.0 Å². The molecule has 0 bridgehead atoms. The topological polar surface area (TPSA) is 85.3 Å². The van der Waals surface area contributed by atoms with E-state index >= 15 is 0 Å². The number of pyridine rings is 1. The highest BCUT2D eigenvalue weighted by atomic mass is 35.5. The molecule has 7 nitrogen and oxygen atoms in total. The van der Waals surface area contributed by atoms with Crippen molar-refractivity contribution >= 4 is 40.9 Å². The zero-order valence-corrected chi connectivity index (χ0v) is 16.0. The van der Waals surface area contributed by atoms with E-state index in [1.807, 2.05) is 30.5 Å². The summed E-state index contributed by atoms with van der Waals surface area (Å²) < 4.78 is 2.02. The Kier molecular flexibility index (Phi) is 5.43. The van der Waals surface area contributed by atoms with E-state index in [1.54, 1.807) is 18.3 Å². The zero-order valence-electron chi connectivity index (χ0n) is 14.5. The molecule has 9 heteroatoms. The van der Waals surface area contributed by atoms with Crippen LogP contribution in [0.5, 0.6) is 0 Å². The third-order valence-electron chi connectivity index (χ3n) is 3.99. The number of aromatic nitrogens is 2. The normalized spacial score (nSPS) is 11.1. The van der Waals surface area contributed by atoms with Crippen LogP contribution in [0.3, 0.4) is 0 Å². The highest BCUT2D eigenvalue weighted by Gasteiger charge is 2.14. The van der Waals surface area contributed by atoms with Gasteiger partial charge in [0.1, 0.15) is 0 Å². The fourth-order valence-corrected chi connectivity index (χ4v) is 3.03. The monoisotopic (exact) mass is 403 g/mol. The number of rotatable bonds is 5. The number of benzene rings is 1. The SMILES string of the molecule is Cc1cc(/C=N/Nc2ncccc2[N+](=O)[O-])c(C)n1-c1ccc(Cl)c(Cl)c1. The number of anilines is 1. The summed E-state index contributed by atoms with van der Waals surface area (Å²) in [7, 11) is 0. The van der Waals surface area contributed by atoms with Gasteiger partial charge in [-0.2, -0.15) is 5.10 Å². The molecule has 0 fully saturated rings. The molecule has 0 radical (unpaired) electrons. The van der Waals surface area contributed by atoms with Gasteiger partial charge in [0.25, 0.3) is 0 Å². The lowest BCUT2D eigenvalue weighted by molar-refractivity contribution is -0.384. The summed E-state index contributed by atoms with van der Waals surface area (Å²) in [6.07, 6.45) is 3.05. The van der Waals surface area contributed by atoms with E-state index in [0.717, 1.165) is 22.6 Å². The van der Waals surface area contributed by atoms with Crippen molar-refractivity contribution in [2.45, 2.75) is 13.8 Å². The molecule has 0 unspecified atom stereocenters. The second kappa shape index (κ2) is 7.77. The number of aryl methyl sites for hydroxylation is 1. The van der Waals surface area contributed by atoms with Gasteiger partial charge in [-0.1, -0.05) is 23.2 Å². The van der Waals surface area contributed by atoms with Crippen molar-refractivity contribution in [1.29, 1.82) is 0 Å². The summed E-state index contributed by atoms with van der Waals surface area (Å²) in [5.41, 5.74) is 6.13. The van der Waals surface area contributed by atoms with E-state index in [0.29, 0.717) is 10.0 Å². The molecular formula is C18H15Cl2N5O2. The quantitative estimate of drug-likeness (QED) is 0.362. The van der Waals surface area contributed by atoms with Crippen LogP contribution in [0.25, 0.3) is 5.69 Å².